The number of thiazole rings is 1. The Labute approximate surface area is 177 Å². The Hall–Kier alpha value is -2.71. The number of rotatable bonds is 9. The Morgan fingerprint density at radius 1 is 1.21 bits per heavy atom. The molecular formula is C21H21NO5S2. The van der Waals surface area contributed by atoms with Crippen LogP contribution in [-0.4, -0.2) is 42.6 Å². The van der Waals surface area contributed by atoms with Crippen molar-refractivity contribution in [1.82, 2.24) is 4.98 Å². The smallest absolute Gasteiger partial charge is 0.313 e. The second-order valence-corrected chi connectivity index (χ2v) is 7.91. The molecule has 1 aromatic heterocycles. The van der Waals surface area contributed by atoms with Gasteiger partial charge in [-0.1, -0.05) is 12.1 Å². The van der Waals surface area contributed by atoms with Crippen LogP contribution >= 0.6 is 23.1 Å². The number of carboxylic acid groups (broad SMARTS) is 1. The van der Waals surface area contributed by atoms with Crippen molar-refractivity contribution in [3.63, 3.8) is 0 Å². The fraction of sp³-hybridized carbons (Fsp3) is 0.238. The monoisotopic (exact) mass is 431 g/mol. The first kappa shape index (κ1) is 21.0. The first-order valence-corrected chi connectivity index (χ1v) is 10.7. The number of carbonyl (C=O) groups is 1. The molecule has 1 N–H and O–H groups in total. The molecule has 0 bridgehead atoms. The van der Waals surface area contributed by atoms with E-state index in [4.69, 9.17) is 19.3 Å². The molecule has 0 aliphatic carbocycles. The Bertz CT molecular complexity index is 986. The molecule has 0 aliphatic rings. The van der Waals surface area contributed by atoms with E-state index >= 15 is 0 Å². The van der Waals surface area contributed by atoms with Crippen molar-refractivity contribution in [2.75, 3.05) is 26.6 Å². The van der Waals surface area contributed by atoms with Gasteiger partial charge < -0.3 is 19.3 Å². The minimum atomic E-state index is -0.885. The summed E-state index contributed by atoms with van der Waals surface area (Å²) in [4.78, 5) is 16.6. The predicted octanol–water partition coefficient (Wildman–Crippen LogP) is 5.03. The summed E-state index contributed by atoms with van der Waals surface area (Å²) in [5, 5.41) is 9.92. The van der Waals surface area contributed by atoms with Crippen molar-refractivity contribution in [1.29, 1.82) is 0 Å². The van der Waals surface area contributed by atoms with Crippen molar-refractivity contribution in [2.45, 2.75) is 6.92 Å². The van der Waals surface area contributed by atoms with E-state index in [-0.39, 0.29) is 5.75 Å². The number of ether oxygens (including phenoxy) is 3. The molecule has 0 unspecified atom stereocenters. The quantitative estimate of drug-likeness (QED) is 0.509. The molecule has 0 amide bonds. The molecule has 0 fully saturated rings. The zero-order valence-electron chi connectivity index (χ0n) is 16.3. The molecule has 8 heteroatoms. The van der Waals surface area contributed by atoms with E-state index in [1.165, 1.54) is 23.1 Å². The Morgan fingerprint density at radius 2 is 1.90 bits per heavy atom. The molecule has 3 aromatic rings. The number of methoxy groups -OCH3 is 2. The molecule has 0 spiro atoms. The second kappa shape index (κ2) is 9.67. The Morgan fingerprint density at radius 3 is 2.48 bits per heavy atom. The maximum atomic E-state index is 11.2. The highest BCUT2D eigenvalue weighted by Gasteiger charge is 2.16. The molecule has 3 rings (SSSR count). The first-order valence-electron chi connectivity index (χ1n) is 8.86. The maximum absolute atomic E-state index is 11.2. The number of nitrogens with zero attached hydrogens (tertiary/aromatic N) is 1. The second-order valence-electron chi connectivity index (χ2n) is 5.87. The number of aromatic nitrogens is 1. The number of fused-ring (bicyclic) bond motifs is 1. The van der Waals surface area contributed by atoms with Crippen LogP contribution in [0.3, 0.4) is 0 Å². The van der Waals surface area contributed by atoms with Gasteiger partial charge in [0.1, 0.15) is 5.01 Å². The normalized spacial score (nSPS) is 11.5. The highest BCUT2D eigenvalue weighted by atomic mass is 32.2. The van der Waals surface area contributed by atoms with Crippen molar-refractivity contribution in [3.8, 4) is 17.2 Å². The summed E-state index contributed by atoms with van der Waals surface area (Å²) in [5.74, 6) is 0.680. The van der Waals surface area contributed by atoms with Gasteiger partial charge in [0.25, 0.3) is 0 Å². The minimum absolute atomic E-state index is 0.0624. The zero-order chi connectivity index (χ0) is 20.8. The lowest BCUT2D eigenvalue weighted by atomic mass is 10.1. The van der Waals surface area contributed by atoms with Crippen molar-refractivity contribution >= 4 is 50.3 Å². The van der Waals surface area contributed by atoms with Crippen molar-refractivity contribution in [3.05, 3.63) is 47.0 Å². The average molecular weight is 432 g/mol. The largest absolute Gasteiger partial charge is 0.493 e. The first-order chi connectivity index (χ1) is 14.0. The Balaban J connectivity index is 2.08. The van der Waals surface area contributed by atoms with Gasteiger partial charge in [0.2, 0.25) is 5.75 Å². The summed E-state index contributed by atoms with van der Waals surface area (Å²) >= 11 is 2.76. The fourth-order valence-electron chi connectivity index (χ4n) is 2.70. The summed E-state index contributed by atoms with van der Waals surface area (Å²) in [7, 11) is 3.14. The number of carboxylic acids is 1. The third kappa shape index (κ3) is 5.02. The van der Waals surface area contributed by atoms with Crippen LogP contribution in [0.25, 0.3) is 21.2 Å². The maximum Gasteiger partial charge on any atom is 0.313 e. The molecule has 0 saturated heterocycles. The van der Waals surface area contributed by atoms with Gasteiger partial charge in [-0.3, -0.25) is 4.79 Å². The topological polar surface area (TPSA) is 77.9 Å². The van der Waals surface area contributed by atoms with E-state index < -0.39 is 5.97 Å². The van der Waals surface area contributed by atoms with Crippen LogP contribution in [0, 0.1) is 0 Å². The molecule has 6 nitrogen and oxygen atoms in total. The number of para-hydroxylation sites is 1. The van der Waals surface area contributed by atoms with E-state index in [0.29, 0.717) is 23.9 Å². The molecule has 0 radical (unpaired) electrons. The van der Waals surface area contributed by atoms with Crippen LogP contribution in [0.1, 0.15) is 17.5 Å². The fourth-order valence-corrected chi connectivity index (χ4v) is 4.55. The summed E-state index contributed by atoms with van der Waals surface area (Å²) in [5.41, 5.74) is 1.69. The highest BCUT2D eigenvalue weighted by Crippen LogP contribution is 2.41. The average Bonchev–Trinajstić information content (AvgIpc) is 3.15. The molecule has 2 aromatic carbocycles. The van der Waals surface area contributed by atoms with E-state index in [2.05, 4.69) is 4.98 Å². The van der Waals surface area contributed by atoms with E-state index in [1.807, 2.05) is 49.4 Å². The summed E-state index contributed by atoms with van der Waals surface area (Å²) in [6.45, 7) is 2.37. The van der Waals surface area contributed by atoms with E-state index in [1.54, 1.807) is 14.2 Å². The highest BCUT2D eigenvalue weighted by molar-refractivity contribution is 8.09. The van der Waals surface area contributed by atoms with Gasteiger partial charge >= 0.3 is 5.97 Å². The predicted molar refractivity (Wildman–Crippen MR) is 118 cm³/mol. The molecular weight excluding hydrogens is 410 g/mol. The van der Waals surface area contributed by atoms with Gasteiger partial charge in [0, 0.05) is 4.91 Å². The van der Waals surface area contributed by atoms with Crippen LogP contribution < -0.4 is 14.2 Å². The minimum Gasteiger partial charge on any atom is -0.493 e. The number of benzene rings is 2. The van der Waals surface area contributed by atoms with Gasteiger partial charge in [-0.25, -0.2) is 4.98 Å². The number of hydrogen-bond donors (Lipinski definition) is 1. The molecule has 0 aliphatic heterocycles. The van der Waals surface area contributed by atoms with Gasteiger partial charge in [-0.2, -0.15) is 0 Å². The molecule has 0 atom stereocenters. The van der Waals surface area contributed by atoms with Gasteiger partial charge in [0.05, 0.1) is 36.8 Å². The molecule has 152 valence electrons. The Kier molecular flexibility index (Phi) is 7.00. The van der Waals surface area contributed by atoms with Crippen molar-refractivity contribution in [2.24, 2.45) is 0 Å². The van der Waals surface area contributed by atoms with Gasteiger partial charge in [-0.15, -0.1) is 23.1 Å². The lowest BCUT2D eigenvalue weighted by Gasteiger charge is -2.14. The summed E-state index contributed by atoms with van der Waals surface area (Å²) in [6.07, 6.45) is 1.89. The van der Waals surface area contributed by atoms with E-state index in [0.717, 1.165) is 25.7 Å². The number of aliphatic carboxylic acids is 1. The van der Waals surface area contributed by atoms with Crippen LogP contribution in [0.5, 0.6) is 17.2 Å². The number of thioether (sulfide) groups is 1. The lowest BCUT2D eigenvalue weighted by Crippen LogP contribution is -1.99. The SMILES string of the molecule is CCOc1c(OC)cc(/C=C(/SCC(=O)O)c2nc3ccccc3s2)cc1OC. The molecule has 0 saturated carbocycles. The third-order valence-corrected chi connectivity index (χ3v) is 6.14. The van der Waals surface area contributed by atoms with Gasteiger partial charge in [-0.05, 0) is 42.8 Å². The van der Waals surface area contributed by atoms with Crippen LogP contribution in [0.15, 0.2) is 36.4 Å². The van der Waals surface area contributed by atoms with Gasteiger partial charge in [0.15, 0.2) is 11.5 Å². The standard InChI is InChI=1S/C21H21NO5S2/c1-4-27-20-15(25-2)9-13(10-16(20)26-3)11-18(28-12-19(23)24)21-22-14-7-5-6-8-17(14)29-21/h5-11H,4,12H2,1-3H3,(H,23,24)/b18-11+. The molecule has 29 heavy (non-hydrogen) atoms. The lowest BCUT2D eigenvalue weighted by molar-refractivity contribution is -0.133. The number of hydrogen-bond acceptors (Lipinski definition) is 7. The molecule has 1 heterocycles. The van der Waals surface area contributed by atoms with Crippen molar-refractivity contribution < 1.29 is 24.1 Å². The van der Waals surface area contributed by atoms with E-state index in [9.17, 15) is 4.79 Å². The summed E-state index contributed by atoms with van der Waals surface area (Å²) in [6, 6.07) is 11.5. The third-order valence-electron chi connectivity index (χ3n) is 3.93. The summed E-state index contributed by atoms with van der Waals surface area (Å²) < 4.78 is 17.6. The zero-order valence-corrected chi connectivity index (χ0v) is 17.9. The van der Waals surface area contributed by atoms with Crippen LogP contribution in [0.2, 0.25) is 0 Å². The van der Waals surface area contributed by atoms with Crippen LogP contribution in [0.4, 0.5) is 0 Å². The van der Waals surface area contributed by atoms with Crippen LogP contribution in [-0.2, 0) is 4.79 Å².